The first kappa shape index (κ1) is 15.0. The lowest BCUT2D eigenvalue weighted by molar-refractivity contribution is -0.132. The van der Waals surface area contributed by atoms with Crippen molar-refractivity contribution in [1.29, 1.82) is 0 Å². The van der Waals surface area contributed by atoms with Crippen LogP contribution in [0.3, 0.4) is 0 Å². The summed E-state index contributed by atoms with van der Waals surface area (Å²) >= 11 is 0. The molecule has 0 spiro atoms. The van der Waals surface area contributed by atoms with Gasteiger partial charge in [0.2, 0.25) is 5.91 Å². The predicted molar refractivity (Wildman–Crippen MR) is 82.3 cm³/mol. The van der Waals surface area contributed by atoms with E-state index in [0.29, 0.717) is 6.54 Å². The molecular formula is C17H26N2O. The monoisotopic (exact) mass is 274 g/mol. The summed E-state index contributed by atoms with van der Waals surface area (Å²) in [7, 11) is 0. The van der Waals surface area contributed by atoms with Crippen molar-refractivity contribution in [1.82, 2.24) is 5.32 Å². The van der Waals surface area contributed by atoms with Gasteiger partial charge in [0, 0.05) is 18.0 Å². The predicted octanol–water partition coefficient (Wildman–Crippen LogP) is 2.64. The Bertz CT molecular complexity index is 424. The van der Waals surface area contributed by atoms with E-state index >= 15 is 0 Å². The zero-order valence-electron chi connectivity index (χ0n) is 12.4. The van der Waals surface area contributed by atoms with Gasteiger partial charge in [-0.3, -0.25) is 4.79 Å². The molecule has 1 saturated carbocycles. The quantitative estimate of drug-likeness (QED) is 0.867. The van der Waals surface area contributed by atoms with E-state index < -0.39 is 0 Å². The zero-order valence-corrected chi connectivity index (χ0v) is 12.4. The van der Waals surface area contributed by atoms with Crippen molar-refractivity contribution >= 4 is 5.91 Å². The van der Waals surface area contributed by atoms with Crippen molar-refractivity contribution in [2.45, 2.75) is 51.5 Å². The summed E-state index contributed by atoms with van der Waals surface area (Å²) in [6.45, 7) is 2.58. The summed E-state index contributed by atoms with van der Waals surface area (Å²) < 4.78 is 0. The Kier molecular flexibility index (Phi) is 5.18. The molecule has 1 unspecified atom stereocenters. The van der Waals surface area contributed by atoms with Crippen molar-refractivity contribution in [3.05, 3.63) is 35.9 Å². The summed E-state index contributed by atoms with van der Waals surface area (Å²) in [5.74, 6) is 0.184. The summed E-state index contributed by atoms with van der Waals surface area (Å²) in [5.41, 5.74) is 6.85. The molecule has 0 aliphatic heterocycles. The molecule has 0 bridgehead atoms. The van der Waals surface area contributed by atoms with E-state index in [-0.39, 0.29) is 17.4 Å². The van der Waals surface area contributed by atoms with E-state index in [1.54, 1.807) is 0 Å². The maximum absolute atomic E-state index is 12.5. The number of nitrogens with one attached hydrogen (secondary N) is 1. The summed E-state index contributed by atoms with van der Waals surface area (Å²) in [6, 6.07) is 10.2. The van der Waals surface area contributed by atoms with Crippen LogP contribution in [0.2, 0.25) is 0 Å². The fraction of sp³-hybridized carbons (Fsp3) is 0.588. The average Bonchev–Trinajstić information content (AvgIpc) is 2.48. The molecule has 1 aliphatic carbocycles. The van der Waals surface area contributed by atoms with Crippen LogP contribution < -0.4 is 11.1 Å². The Balaban J connectivity index is 1.94. The lowest BCUT2D eigenvalue weighted by atomic mass is 9.75. The number of hydrogen-bond acceptors (Lipinski definition) is 2. The lowest BCUT2D eigenvalue weighted by Gasteiger charge is -2.33. The van der Waals surface area contributed by atoms with Crippen molar-refractivity contribution in [3.8, 4) is 0 Å². The molecule has 3 nitrogen and oxygen atoms in total. The van der Waals surface area contributed by atoms with Crippen LogP contribution in [-0.2, 0) is 11.2 Å². The van der Waals surface area contributed by atoms with Gasteiger partial charge in [0.05, 0.1) is 0 Å². The smallest absolute Gasteiger partial charge is 0.226 e. The fourth-order valence-corrected chi connectivity index (χ4v) is 3.01. The highest BCUT2D eigenvalue weighted by Gasteiger charge is 2.35. The van der Waals surface area contributed by atoms with Gasteiger partial charge in [0.1, 0.15) is 0 Å². The molecule has 1 aliphatic rings. The highest BCUT2D eigenvalue weighted by molar-refractivity contribution is 5.82. The highest BCUT2D eigenvalue weighted by atomic mass is 16.2. The second-order valence-electron chi connectivity index (χ2n) is 6.22. The third-order valence-corrected chi connectivity index (χ3v) is 4.45. The van der Waals surface area contributed by atoms with E-state index in [9.17, 15) is 4.79 Å². The molecule has 1 aromatic carbocycles. The number of carbonyl (C=O) groups excluding carboxylic acids is 1. The van der Waals surface area contributed by atoms with E-state index in [4.69, 9.17) is 5.73 Å². The molecular weight excluding hydrogens is 248 g/mol. The molecule has 20 heavy (non-hydrogen) atoms. The van der Waals surface area contributed by atoms with Crippen molar-refractivity contribution in [2.24, 2.45) is 11.1 Å². The van der Waals surface area contributed by atoms with Crippen LogP contribution in [0.25, 0.3) is 0 Å². The number of carbonyl (C=O) groups is 1. The Morgan fingerprint density at radius 1 is 1.25 bits per heavy atom. The minimum atomic E-state index is -0.192. The Morgan fingerprint density at radius 3 is 2.50 bits per heavy atom. The van der Waals surface area contributed by atoms with E-state index in [0.717, 1.165) is 32.1 Å². The van der Waals surface area contributed by atoms with Gasteiger partial charge in [0.25, 0.3) is 0 Å². The molecule has 1 aromatic rings. The number of nitrogens with two attached hydrogens (primary N) is 1. The molecule has 0 heterocycles. The zero-order chi connectivity index (χ0) is 14.4. The lowest BCUT2D eigenvalue weighted by Crippen LogP contribution is -2.48. The summed E-state index contributed by atoms with van der Waals surface area (Å²) in [6.07, 6.45) is 6.39. The highest BCUT2D eigenvalue weighted by Crippen LogP contribution is 2.35. The molecule has 110 valence electrons. The maximum atomic E-state index is 12.5. The number of benzene rings is 1. The Hall–Kier alpha value is -1.35. The molecule has 3 heteroatoms. The number of rotatable bonds is 5. The van der Waals surface area contributed by atoms with Crippen LogP contribution in [0.4, 0.5) is 0 Å². The molecule has 1 fully saturated rings. The third kappa shape index (κ3) is 3.83. The second-order valence-corrected chi connectivity index (χ2v) is 6.22. The largest absolute Gasteiger partial charge is 0.351 e. The van der Waals surface area contributed by atoms with Crippen LogP contribution in [-0.4, -0.2) is 18.5 Å². The molecule has 1 amide bonds. The van der Waals surface area contributed by atoms with E-state index in [2.05, 4.69) is 24.4 Å². The van der Waals surface area contributed by atoms with Gasteiger partial charge in [-0.1, -0.05) is 56.5 Å². The van der Waals surface area contributed by atoms with Gasteiger partial charge in [0.15, 0.2) is 0 Å². The van der Waals surface area contributed by atoms with Crippen LogP contribution >= 0.6 is 0 Å². The number of amides is 1. The molecule has 2 rings (SSSR count). The van der Waals surface area contributed by atoms with Gasteiger partial charge in [-0.05, 0) is 24.8 Å². The minimum Gasteiger partial charge on any atom is -0.351 e. The van der Waals surface area contributed by atoms with Gasteiger partial charge in [-0.2, -0.15) is 0 Å². The Morgan fingerprint density at radius 2 is 1.90 bits per heavy atom. The topological polar surface area (TPSA) is 55.1 Å². The molecule has 3 N–H and O–H groups in total. The van der Waals surface area contributed by atoms with Crippen molar-refractivity contribution in [2.75, 3.05) is 6.54 Å². The van der Waals surface area contributed by atoms with Gasteiger partial charge in [-0.25, -0.2) is 0 Å². The van der Waals surface area contributed by atoms with E-state index in [1.807, 2.05) is 18.2 Å². The first-order valence-corrected chi connectivity index (χ1v) is 7.69. The van der Waals surface area contributed by atoms with Gasteiger partial charge < -0.3 is 11.1 Å². The SMILES string of the molecule is CC1(C(=O)NC(CN)Cc2ccccc2)CCCCC1. The first-order chi connectivity index (χ1) is 9.64. The summed E-state index contributed by atoms with van der Waals surface area (Å²) in [5, 5.41) is 3.16. The Labute approximate surface area is 121 Å². The molecule has 0 radical (unpaired) electrons. The van der Waals surface area contributed by atoms with Crippen LogP contribution in [0.1, 0.15) is 44.6 Å². The second kappa shape index (κ2) is 6.89. The fourth-order valence-electron chi connectivity index (χ4n) is 3.01. The molecule has 1 atom stereocenters. The van der Waals surface area contributed by atoms with E-state index in [1.165, 1.54) is 12.0 Å². The van der Waals surface area contributed by atoms with Crippen LogP contribution in [0, 0.1) is 5.41 Å². The number of hydrogen-bond donors (Lipinski definition) is 2. The van der Waals surface area contributed by atoms with Crippen LogP contribution in [0.5, 0.6) is 0 Å². The summed E-state index contributed by atoms with van der Waals surface area (Å²) in [4.78, 5) is 12.5. The third-order valence-electron chi connectivity index (χ3n) is 4.45. The molecule has 0 aromatic heterocycles. The maximum Gasteiger partial charge on any atom is 0.226 e. The average molecular weight is 274 g/mol. The standard InChI is InChI=1S/C17H26N2O/c1-17(10-6-3-7-11-17)16(20)19-15(13-18)12-14-8-4-2-5-9-14/h2,4-5,8-9,15H,3,6-7,10-13,18H2,1H3,(H,19,20). The first-order valence-electron chi connectivity index (χ1n) is 7.69. The normalized spacial score (nSPS) is 19.3. The van der Waals surface area contributed by atoms with Crippen molar-refractivity contribution < 1.29 is 4.79 Å². The minimum absolute atomic E-state index is 0.0312. The van der Waals surface area contributed by atoms with Gasteiger partial charge in [-0.15, -0.1) is 0 Å². The van der Waals surface area contributed by atoms with Crippen LogP contribution in [0.15, 0.2) is 30.3 Å². The van der Waals surface area contributed by atoms with Crippen molar-refractivity contribution in [3.63, 3.8) is 0 Å². The van der Waals surface area contributed by atoms with Gasteiger partial charge >= 0.3 is 0 Å². The molecule has 0 saturated heterocycles.